The number of aliphatic carboxylic acids is 1. The van der Waals surface area contributed by atoms with Crippen molar-refractivity contribution in [2.45, 2.75) is 32.2 Å². The van der Waals surface area contributed by atoms with E-state index in [2.05, 4.69) is 20.6 Å². The van der Waals surface area contributed by atoms with Crippen LogP contribution in [0, 0.1) is 11.3 Å². The molecule has 3 N–H and O–H groups in total. The lowest BCUT2D eigenvalue weighted by Gasteiger charge is -2.24. The van der Waals surface area contributed by atoms with Crippen molar-refractivity contribution in [3.05, 3.63) is 100 Å². The first-order valence-corrected chi connectivity index (χ1v) is 13.5. The van der Waals surface area contributed by atoms with Crippen LogP contribution in [0.2, 0.25) is 5.02 Å². The van der Waals surface area contributed by atoms with Gasteiger partial charge in [0.05, 0.1) is 11.6 Å². The molecule has 0 aliphatic carbocycles. The second kappa shape index (κ2) is 12.9. The predicted octanol–water partition coefficient (Wildman–Crippen LogP) is 4.89. The average molecular weight is 600 g/mol. The number of aliphatic hydroxyl groups excluding tert-OH is 1. The summed E-state index contributed by atoms with van der Waals surface area (Å²) in [5.74, 6) is -0.634. The van der Waals surface area contributed by atoms with Gasteiger partial charge >= 0.3 is 5.97 Å². The van der Waals surface area contributed by atoms with Crippen molar-refractivity contribution in [1.82, 2.24) is 20.6 Å². The Morgan fingerprint density at radius 2 is 1.81 bits per heavy atom. The Hall–Kier alpha value is -5.02. The minimum absolute atomic E-state index is 0.0571. The SMILES string of the molecule is C[C@@](CO)(NCc1c(OCc2ccnc(C#N)c2)cc(OCc2cccc(-c3ccccc3)c2Cl)c2nonc12)C(=O)O. The number of hydrogen-bond donors (Lipinski definition) is 3. The Balaban J connectivity index is 1.48. The summed E-state index contributed by atoms with van der Waals surface area (Å²) in [6, 6.07) is 22.4. The standard InChI is InChI=1S/C31H26ClN5O6/c1-31(18-38,30(39)40)35-15-24-25(41-16-19-10-11-34-22(12-19)14-33)13-26(29-28(24)36-43-37-29)42-17-21-8-5-9-23(27(21)32)20-6-3-2-4-7-20/h2-13,35,38H,15-18H2,1H3,(H,39,40)/t31-/m0/s1. The second-order valence-corrected chi connectivity index (χ2v) is 10.2. The van der Waals surface area contributed by atoms with Crippen molar-refractivity contribution in [3.8, 4) is 28.7 Å². The third kappa shape index (κ3) is 6.42. The fourth-order valence-electron chi connectivity index (χ4n) is 4.31. The molecule has 0 unspecified atom stereocenters. The summed E-state index contributed by atoms with van der Waals surface area (Å²) >= 11 is 6.77. The number of aromatic nitrogens is 3. The van der Waals surface area contributed by atoms with Gasteiger partial charge in [0.15, 0.2) is 11.3 Å². The lowest BCUT2D eigenvalue weighted by atomic mass is 10.0. The third-order valence-electron chi connectivity index (χ3n) is 6.89. The summed E-state index contributed by atoms with van der Waals surface area (Å²) < 4.78 is 17.4. The van der Waals surface area contributed by atoms with E-state index in [4.69, 9.17) is 25.7 Å². The molecule has 11 nitrogen and oxygen atoms in total. The molecule has 0 aliphatic heterocycles. The summed E-state index contributed by atoms with van der Waals surface area (Å²) in [5.41, 5.74) is 2.85. The minimum atomic E-state index is -1.64. The Morgan fingerprint density at radius 3 is 2.56 bits per heavy atom. The number of carboxylic acids is 1. The molecule has 0 aliphatic rings. The summed E-state index contributed by atoms with van der Waals surface area (Å²) in [5, 5.41) is 40.0. The van der Waals surface area contributed by atoms with Gasteiger partial charge in [0.25, 0.3) is 0 Å². The molecular formula is C31H26ClN5O6. The molecule has 5 rings (SSSR count). The van der Waals surface area contributed by atoms with Crippen LogP contribution >= 0.6 is 11.6 Å². The van der Waals surface area contributed by atoms with Gasteiger partial charge in [0.1, 0.15) is 41.8 Å². The highest BCUT2D eigenvalue weighted by Gasteiger charge is 2.33. The van der Waals surface area contributed by atoms with Crippen LogP contribution in [0.15, 0.2) is 77.6 Å². The molecule has 1 atom stereocenters. The van der Waals surface area contributed by atoms with Gasteiger partial charge in [-0.2, -0.15) is 5.26 Å². The highest BCUT2D eigenvalue weighted by atomic mass is 35.5. The minimum Gasteiger partial charge on any atom is -0.488 e. The number of pyridine rings is 1. The fourth-order valence-corrected chi connectivity index (χ4v) is 4.60. The number of aliphatic hydroxyl groups is 1. The number of benzene rings is 3. The Labute approximate surface area is 251 Å². The van der Waals surface area contributed by atoms with E-state index in [1.54, 1.807) is 18.2 Å². The molecular weight excluding hydrogens is 574 g/mol. The number of carboxylic acid groups (broad SMARTS) is 1. The number of fused-ring (bicyclic) bond motifs is 1. The van der Waals surface area contributed by atoms with E-state index >= 15 is 0 Å². The molecule has 0 spiro atoms. The van der Waals surface area contributed by atoms with E-state index in [-0.39, 0.29) is 36.5 Å². The summed E-state index contributed by atoms with van der Waals surface area (Å²) in [7, 11) is 0. The maximum atomic E-state index is 11.8. The molecule has 3 aromatic carbocycles. The van der Waals surface area contributed by atoms with Gasteiger partial charge in [-0.3, -0.25) is 10.1 Å². The summed E-state index contributed by atoms with van der Waals surface area (Å²) in [4.78, 5) is 15.8. The third-order valence-corrected chi connectivity index (χ3v) is 7.34. The zero-order valence-electron chi connectivity index (χ0n) is 23.0. The van der Waals surface area contributed by atoms with Crippen molar-refractivity contribution in [3.63, 3.8) is 0 Å². The van der Waals surface area contributed by atoms with Gasteiger partial charge in [-0.15, -0.1) is 0 Å². The molecule has 0 saturated heterocycles. The van der Waals surface area contributed by atoms with Crippen LogP contribution in [0.5, 0.6) is 11.5 Å². The topological polar surface area (TPSA) is 164 Å². The molecule has 12 heteroatoms. The highest BCUT2D eigenvalue weighted by molar-refractivity contribution is 6.34. The number of nitriles is 1. The monoisotopic (exact) mass is 599 g/mol. The number of nitrogens with one attached hydrogen (secondary N) is 1. The largest absolute Gasteiger partial charge is 0.488 e. The molecule has 0 saturated carbocycles. The first-order chi connectivity index (χ1) is 20.8. The molecule has 0 amide bonds. The molecule has 218 valence electrons. The molecule has 5 aromatic rings. The van der Waals surface area contributed by atoms with E-state index in [0.29, 0.717) is 27.6 Å². The van der Waals surface area contributed by atoms with Crippen LogP contribution in [0.1, 0.15) is 29.3 Å². The molecule has 0 radical (unpaired) electrons. The lowest BCUT2D eigenvalue weighted by Crippen LogP contribution is -2.52. The average Bonchev–Trinajstić information content (AvgIpc) is 3.53. The van der Waals surface area contributed by atoms with Gasteiger partial charge < -0.3 is 19.7 Å². The fraction of sp³-hybridized carbons (Fsp3) is 0.194. The zero-order chi connectivity index (χ0) is 30.4. The smallest absolute Gasteiger partial charge is 0.326 e. The van der Waals surface area contributed by atoms with Crippen molar-refractivity contribution in [2.75, 3.05) is 6.61 Å². The Morgan fingerprint density at radius 1 is 1.05 bits per heavy atom. The molecule has 2 aromatic heterocycles. The predicted molar refractivity (Wildman–Crippen MR) is 156 cm³/mol. The maximum Gasteiger partial charge on any atom is 0.326 e. The van der Waals surface area contributed by atoms with Crippen LogP contribution in [-0.2, 0) is 24.6 Å². The van der Waals surface area contributed by atoms with Crippen LogP contribution in [-0.4, -0.2) is 43.6 Å². The van der Waals surface area contributed by atoms with E-state index in [1.807, 2.05) is 54.6 Å². The summed E-state index contributed by atoms with van der Waals surface area (Å²) in [6.45, 7) is 0.794. The van der Waals surface area contributed by atoms with E-state index < -0.39 is 18.1 Å². The first kappa shape index (κ1) is 29.5. The van der Waals surface area contributed by atoms with Gasteiger partial charge in [0, 0.05) is 35.5 Å². The van der Waals surface area contributed by atoms with Crippen LogP contribution in [0.3, 0.4) is 0 Å². The zero-order valence-corrected chi connectivity index (χ0v) is 23.7. The van der Waals surface area contributed by atoms with Crippen molar-refractivity contribution in [1.29, 1.82) is 5.26 Å². The van der Waals surface area contributed by atoms with Crippen LogP contribution in [0.4, 0.5) is 0 Å². The van der Waals surface area contributed by atoms with Gasteiger partial charge in [-0.05, 0) is 40.5 Å². The number of ether oxygens (including phenoxy) is 2. The van der Waals surface area contributed by atoms with Crippen LogP contribution < -0.4 is 14.8 Å². The van der Waals surface area contributed by atoms with E-state index in [1.165, 1.54) is 13.1 Å². The van der Waals surface area contributed by atoms with Crippen molar-refractivity contribution < 1.29 is 29.1 Å². The van der Waals surface area contributed by atoms with E-state index in [9.17, 15) is 20.3 Å². The molecule has 0 bridgehead atoms. The summed E-state index contributed by atoms with van der Waals surface area (Å²) in [6.07, 6.45) is 1.51. The van der Waals surface area contributed by atoms with Crippen LogP contribution in [0.25, 0.3) is 22.2 Å². The molecule has 2 heterocycles. The van der Waals surface area contributed by atoms with Gasteiger partial charge in [-0.25, -0.2) is 9.61 Å². The number of rotatable bonds is 12. The van der Waals surface area contributed by atoms with Gasteiger partial charge in [-0.1, -0.05) is 60.1 Å². The number of nitrogens with zero attached hydrogens (tertiary/aromatic N) is 4. The first-order valence-electron chi connectivity index (χ1n) is 13.1. The maximum absolute atomic E-state index is 11.8. The highest BCUT2D eigenvalue weighted by Crippen LogP contribution is 2.37. The number of hydrogen-bond acceptors (Lipinski definition) is 10. The van der Waals surface area contributed by atoms with Crippen molar-refractivity contribution in [2.24, 2.45) is 0 Å². The van der Waals surface area contributed by atoms with Gasteiger partial charge in [0.2, 0.25) is 0 Å². The molecule has 0 fully saturated rings. The number of carbonyl (C=O) groups is 1. The quantitative estimate of drug-likeness (QED) is 0.179. The molecule has 43 heavy (non-hydrogen) atoms. The second-order valence-electron chi connectivity index (χ2n) is 9.84. The lowest BCUT2D eigenvalue weighted by molar-refractivity contribution is -0.145. The Bertz CT molecular complexity index is 1810. The number of halogens is 1. The Kier molecular flexibility index (Phi) is 8.82. The van der Waals surface area contributed by atoms with Crippen molar-refractivity contribution >= 4 is 28.6 Å². The normalized spacial score (nSPS) is 12.4. The van der Waals surface area contributed by atoms with E-state index in [0.717, 1.165) is 16.7 Å².